The Morgan fingerprint density at radius 3 is 2.43 bits per heavy atom. The standard InChI is InChI=1S/C16H17ClN2O2/c1-3-9-19-16(21)13(15(17)20)10-14(18-19)12-7-5-11(4-2)6-8-12/h5-8,10H,3-4,9H2,1-2H3. The van der Waals surface area contributed by atoms with Gasteiger partial charge in [-0.25, -0.2) is 4.68 Å². The lowest BCUT2D eigenvalue weighted by atomic mass is 10.1. The van der Waals surface area contributed by atoms with E-state index in [2.05, 4.69) is 12.0 Å². The van der Waals surface area contributed by atoms with E-state index in [1.54, 1.807) is 0 Å². The highest BCUT2D eigenvalue weighted by atomic mass is 35.5. The largest absolute Gasteiger partial charge is 0.278 e. The fourth-order valence-corrected chi connectivity index (χ4v) is 2.23. The molecule has 110 valence electrons. The van der Waals surface area contributed by atoms with Gasteiger partial charge in [-0.2, -0.15) is 5.10 Å². The zero-order valence-corrected chi connectivity index (χ0v) is 12.9. The molecule has 0 amide bonds. The summed E-state index contributed by atoms with van der Waals surface area (Å²) in [5.74, 6) is 0. The first kappa shape index (κ1) is 15.4. The number of hydrogen-bond donors (Lipinski definition) is 0. The summed E-state index contributed by atoms with van der Waals surface area (Å²) in [6, 6.07) is 9.35. The number of hydrogen-bond acceptors (Lipinski definition) is 3. The zero-order chi connectivity index (χ0) is 15.4. The summed E-state index contributed by atoms with van der Waals surface area (Å²) < 4.78 is 1.30. The van der Waals surface area contributed by atoms with Gasteiger partial charge in [-0.3, -0.25) is 9.59 Å². The topological polar surface area (TPSA) is 52.0 Å². The first-order valence-corrected chi connectivity index (χ1v) is 7.36. The first-order chi connectivity index (χ1) is 10.1. The Morgan fingerprint density at radius 2 is 1.90 bits per heavy atom. The minimum Gasteiger partial charge on any atom is -0.275 e. The van der Waals surface area contributed by atoms with Gasteiger partial charge >= 0.3 is 0 Å². The first-order valence-electron chi connectivity index (χ1n) is 6.98. The number of rotatable bonds is 5. The Bertz CT molecular complexity index is 705. The van der Waals surface area contributed by atoms with Crippen LogP contribution >= 0.6 is 11.6 Å². The number of benzene rings is 1. The summed E-state index contributed by atoms with van der Waals surface area (Å²) in [7, 11) is 0. The molecule has 0 unspecified atom stereocenters. The molecule has 0 spiro atoms. The van der Waals surface area contributed by atoms with Crippen LogP contribution in [0.4, 0.5) is 0 Å². The van der Waals surface area contributed by atoms with Crippen LogP contribution in [0.15, 0.2) is 35.1 Å². The van der Waals surface area contributed by atoms with Crippen LogP contribution in [0.25, 0.3) is 11.3 Å². The summed E-state index contributed by atoms with van der Waals surface area (Å²) in [5, 5.41) is 3.57. The summed E-state index contributed by atoms with van der Waals surface area (Å²) in [4.78, 5) is 23.5. The number of aromatic nitrogens is 2. The molecule has 0 atom stereocenters. The van der Waals surface area contributed by atoms with E-state index in [1.807, 2.05) is 31.2 Å². The van der Waals surface area contributed by atoms with Gasteiger partial charge < -0.3 is 0 Å². The van der Waals surface area contributed by atoms with Crippen molar-refractivity contribution in [1.29, 1.82) is 0 Å². The minimum absolute atomic E-state index is 0.0327. The highest BCUT2D eigenvalue weighted by Crippen LogP contribution is 2.18. The van der Waals surface area contributed by atoms with Crippen molar-refractivity contribution < 1.29 is 4.79 Å². The molecule has 1 aromatic carbocycles. The van der Waals surface area contributed by atoms with Gasteiger partial charge in [-0.15, -0.1) is 0 Å². The Hall–Kier alpha value is -1.94. The lowest BCUT2D eigenvalue weighted by Gasteiger charge is -2.08. The van der Waals surface area contributed by atoms with E-state index in [0.29, 0.717) is 12.2 Å². The molecule has 0 aliphatic rings. The van der Waals surface area contributed by atoms with Crippen molar-refractivity contribution in [1.82, 2.24) is 9.78 Å². The van der Waals surface area contributed by atoms with Crippen LogP contribution in [0.1, 0.15) is 36.2 Å². The average Bonchev–Trinajstić information content (AvgIpc) is 2.49. The Kier molecular flexibility index (Phi) is 4.91. The maximum absolute atomic E-state index is 12.1. The minimum atomic E-state index is -0.751. The van der Waals surface area contributed by atoms with Gasteiger partial charge in [0.1, 0.15) is 5.56 Å². The van der Waals surface area contributed by atoms with Crippen LogP contribution in [-0.4, -0.2) is 15.0 Å². The molecule has 1 heterocycles. The SMILES string of the molecule is CCCn1nc(-c2ccc(CC)cc2)cc(C(=O)Cl)c1=O. The van der Waals surface area contributed by atoms with Crippen LogP contribution in [-0.2, 0) is 13.0 Å². The molecule has 4 nitrogen and oxygen atoms in total. The van der Waals surface area contributed by atoms with Crippen LogP contribution in [0, 0.1) is 0 Å². The Labute approximate surface area is 128 Å². The number of halogens is 1. The van der Waals surface area contributed by atoms with Gasteiger partial charge in [0.25, 0.3) is 10.8 Å². The Morgan fingerprint density at radius 1 is 1.24 bits per heavy atom. The van der Waals surface area contributed by atoms with E-state index < -0.39 is 10.8 Å². The molecule has 1 aromatic heterocycles. The molecule has 5 heteroatoms. The lowest BCUT2D eigenvalue weighted by Crippen LogP contribution is -2.27. The summed E-state index contributed by atoms with van der Waals surface area (Å²) in [6.45, 7) is 4.48. The van der Waals surface area contributed by atoms with Gasteiger partial charge in [-0.1, -0.05) is 38.1 Å². The monoisotopic (exact) mass is 304 g/mol. The molecule has 0 aliphatic heterocycles. The van der Waals surface area contributed by atoms with Gasteiger partial charge in [-0.05, 0) is 36.1 Å². The van der Waals surface area contributed by atoms with Crippen molar-refractivity contribution in [3.63, 3.8) is 0 Å². The summed E-state index contributed by atoms with van der Waals surface area (Å²) in [6.07, 6.45) is 1.70. The third-order valence-electron chi connectivity index (χ3n) is 3.28. The van der Waals surface area contributed by atoms with Crippen molar-refractivity contribution in [2.75, 3.05) is 0 Å². The molecular weight excluding hydrogens is 288 g/mol. The molecule has 2 rings (SSSR count). The molecule has 0 saturated heterocycles. The number of aryl methyl sites for hydroxylation is 2. The molecular formula is C16H17ClN2O2. The predicted octanol–water partition coefficient (Wildman–Crippen LogP) is 3.26. The average molecular weight is 305 g/mol. The third-order valence-corrected chi connectivity index (χ3v) is 3.48. The number of nitrogens with zero attached hydrogens (tertiary/aromatic N) is 2. The normalized spacial score (nSPS) is 10.6. The van der Waals surface area contributed by atoms with Crippen LogP contribution in [0.3, 0.4) is 0 Å². The second-order valence-corrected chi connectivity index (χ2v) is 5.14. The molecule has 0 bridgehead atoms. The molecule has 0 aliphatic carbocycles. The van der Waals surface area contributed by atoms with Gasteiger partial charge in [0.2, 0.25) is 0 Å². The third kappa shape index (κ3) is 3.39. The van der Waals surface area contributed by atoms with E-state index in [0.717, 1.165) is 18.4 Å². The van der Waals surface area contributed by atoms with Crippen molar-refractivity contribution >= 4 is 16.8 Å². The highest BCUT2D eigenvalue weighted by molar-refractivity contribution is 6.67. The second kappa shape index (κ2) is 6.68. The molecule has 21 heavy (non-hydrogen) atoms. The zero-order valence-electron chi connectivity index (χ0n) is 12.1. The van der Waals surface area contributed by atoms with Gasteiger partial charge in [0.15, 0.2) is 0 Å². The van der Waals surface area contributed by atoms with Gasteiger partial charge in [0, 0.05) is 12.1 Å². The fraction of sp³-hybridized carbons (Fsp3) is 0.312. The number of carbonyl (C=O) groups is 1. The molecule has 0 radical (unpaired) electrons. The van der Waals surface area contributed by atoms with Gasteiger partial charge in [0.05, 0.1) is 5.69 Å². The van der Waals surface area contributed by atoms with Crippen LogP contribution in [0.5, 0.6) is 0 Å². The predicted molar refractivity (Wildman–Crippen MR) is 83.8 cm³/mol. The second-order valence-electron chi connectivity index (χ2n) is 4.80. The molecule has 0 N–H and O–H groups in total. The summed E-state index contributed by atoms with van der Waals surface area (Å²) >= 11 is 5.51. The molecule has 2 aromatic rings. The van der Waals surface area contributed by atoms with Crippen LogP contribution < -0.4 is 5.56 Å². The van der Waals surface area contributed by atoms with E-state index in [1.165, 1.54) is 16.3 Å². The summed E-state index contributed by atoms with van der Waals surface area (Å²) in [5.41, 5.74) is 2.18. The maximum atomic E-state index is 12.1. The maximum Gasteiger partial charge on any atom is 0.278 e. The molecule has 0 fully saturated rings. The van der Waals surface area contributed by atoms with E-state index in [4.69, 9.17) is 11.6 Å². The number of carbonyl (C=O) groups excluding carboxylic acids is 1. The highest BCUT2D eigenvalue weighted by Gasteiger charge is 2.14. The van der Waals surface area contributed by atoms with Crippen LogP contribution in [0.2, 0.25) is 0 Å². The lowest BCUT2D eigenvalue weighted by molar-refractivity contribution is 0.107. The van der Waals surface area contributed by atoms with E-state index in [9.17, 15) is 9.59 Å². The Balaban J connectivity index is 2.56. The van der Waals surface area contributed by atoms with Crippen molar-refractivity contribution in [3.8, 4) is 11.3 Å². The fourth-order valence-electron chi connectivity index (χ4n) is 2.10. The van der Waals surface area contributed by atoms with Crippen molar-refractivity contribution in [3.05, 3.63) is 51.8 Å². The van der Waals surface area contributed by atoms with Crippen molar-refractivity contribution in [2.24, 2.45) is 0 Å². The van der Waals surface area contributed by atoms with E-state index >= 15 is 0 Å². The smallest absolute Gasteiger partial charge is 0.275 e. The van der Waals surface area contributed by atoms with E-state index in [-0.39, 0.29) is 5.56 Å². The van der Waals surface area contributed by atoms with Crippen molar-refractivity contribution in [2.45, 2.75) is 33.2 Å². The molecule has 0 saturated carbocycles. The quantitative estimate of drug-likeness (QED) is 0.797.